The third-order valence-corrected chi connectivity index (χ3v) is 4.58. The van der Waals surface area contributed by atoms with E-state index in [1.807, 2.05) is 54.6 Å². The fourth-order valence-corrected chi connectivity index (χ4v) is 3.03. The number of carbonyl (C=O) groups is 2. The highest BCUT2D eigenvalue weighted by Gasteiger charge is 2.20. The predicted molar refractivity (Wildman–Crippen MR) is 107 cm³/mol. The average Bonchev–Trinajstić information content (AvgIpc) is 2.71. The molecule has 0 fully saturated rings. The molecule has 0 heterocycles. The number of primary amides is 1. The molecule has 0 bridgehead atoms. The summed E-state index contributed by atoms with van der Waals surface area (Å²) in [6, 6.07) is 19.7. The molecule has 6 heteroatoms. The first kappa shape index (κ1) is 20.2. The number of hydrogen-bond acceptors (Lipinski definition) is 2. The lowest BCUT2D eigenvalue weighted by Crippen LogP contribution is -2.46. The smallest absolute Gasteiger partial charge is 0.240 e. The van der Waals surface area contributed by atoms with Crippen molar-refractivity contribution in [3.63, 3.8) is 0 Å². The molecule has 1 atom stereocenters. The Hall–Kier alpha value is -3.54. The van der Waals surface area contributed by atoms with Gasteiger partial charge in [-0.05, 0) is 28.8 Å². The zero-order valence-corrected chi connectivity index (χ0v) is 15.6. The molecule has 0 spiro atoms. The number of nitrogens with two attached hydrogens (primary N) is 1. The number of carbonyl (C=O) groups excluding carboxylic acids is 2. The van der Waals surface area contributed by atoms with Gasteiger partial charge in [-0.25, -0.2) is 8.78 Å². The van der Waals surface area contributed by atoms with Crippen LogP contribution in [0.2, 0.25) is 0 Å². The van der Waals surface area contributed by atoms with Crippen molar-refractivity contribution in [2.45, 2.75) is 18.9 Å². The predicted octanol–water partition coefficient (Wildman–Crippen LogP) is 3.39. The van der Waals surface area contributed by atoms with Crippen LogP contribution in [-0.4, -0.2) is 17.9 Å². The van der Waals surface area contributed by atoms with E-state index in [1.54, 1.807) is 0 Å². The SMILES string of the molecule is NC(=O)[C@@H](Cc1ccc(-c2ccccc2)cc1)NC(=O)Cc1c(F)cccc1F. The van der Waals surface area contributed by atoms with Gasteiger partial charge >= 0.3 is 0 Å². The fourth-order valence-electron chi connectivity index (χ4n) is 3.03. The van der Waals surface area contributed by atoms with Gasteiger partial charge in [-0.3, -0.25) is 9.59 Å². The topological polar surface area (TPSA) is 72.2 Å². The molecule has 0 saturated carbocycles. The van der Waals surface area contributed by atoms with Gasteiger partial charge in [-0.2, -0.15) is 0 Å². The molecule has 29 heavy (non-hydrogen) atoms. The summed E-state index contributed by atoms with van der Waals surface area (Å²) >= 11 is 0. The molecule has 148 valence electrons. The van der Waals surface area contributed by atoms with Gasteiger partial charge in [0.05, 0.1) is 6.42 Å². The highest BCUT2D eigenvalue weighted by atomic mass is 19.1. The minimum Gasteiger partial charge on any atom is -0.368 e. The maximum absolute atomic E-state index is 13.7. The minimum atomic E-state index is -0.986. The van der Waals surface area contributed by atoms with Crippen LogP contribution in [-0.2, 0) is 22.4 Å². The van der Waals surface area contributed by atoms with E-state index < -0.39 is 35.9 Å². The van der Waals surface area contributed by atoms with Gasteiger partial charge in [-0.15, -0.1) is 0 Å². The Bertz CT molecular complexity index is 985. The lowest BCUT2D eigenvalue weighted by atomic mass is 10.00. The molecule has 0 aliphatic carbocycles. The van der Waals surface area contributed by atoms with Crippen LogP contribution in [0.3, 0.4) is 0 Å². The lowest BCUT2D eigenvalue weighted by Gasteiger charge is -2.16. The summed E-state index contributed by atoms with van der Waals surface area (Å²) in [5, 5.41) is 2.47. The molecule has 3 aromatic rings. The van der Waals surface area contributed by atoms with Crippen molar-refractivity contribution in [1.82, 2.24) is 5.32 Å². The number of nitrogens with one attached hydrogen (secondary N) is 1. The van der Waals surface area contributed by atoms with Crippen LogP contribution < -0.4 is 11.1 Å². The molecule has 0 aliphatic rings. The van der Waals surface area contributed by atoms with E-state index in [4.69, 9.17) is 5.73 Å². The molecule has 2 amide bonds. The molecular weight excluding hydrogens is 374 g/mol. The third-order valence-electron chi connectivity index (χ3n) is 4.58. The zero-order chi connectivity index (χ0) is 20.8. The normalized spacial score (nSPS) is 11.7. The first-order chi connectivity index (χ1) is 13.9. The van der Waals surface area contributed by atoms with Crippen LogP contribution in [0.4, 0.5) is 8.78 Å². The zero-order valence-electron chi connectivity index (χ0n) is 15.6. The Balaban J connectivity index is 1.67. The molecule has 3 aromatic carbocycles. The van der Waals surface area contributed by atoms with Crippen LogP contribution in [0.1, 0.15) is 11.1 Å². The average molecular weight is 394 g/mol. The maximum atomic E-state index is 13.7. The second-order valence-electron chi connectivity index (χ2n) is 6.67. The minimum absolute atomic E-state index is 0.176. The van der Waals surface area contributed by atoms with E-state index >= 15 is 0 Å². The molecule has 0 saturated heterocycles. The standard InChI is InChI=1S/C23H20F2N2O2/c24-19-7-4-8-20(25)18(19)14-22(28)27-21(23(26)29)13-15-9-11-17(12-10-15)16-5-2-1-3-6-16/h1-12,21H,13-14H2,(H2,26,29)(H,27,28)/t21-/m1/s1. The molecule has 0 aliphatic heterocycles. The number of hydrogen-bond donors (Lipinski definition) is 2. The Morgan fingerprint density at radius 3 is 2.00 bits per heavy atom. The molecule has 3 rings (SSSR count). The first-order valence-electron chi connectivity index (χ1n) is 9.10. The number of benzene rings is 3. The second kappa shape index (κ2) is 9.10. The summed E-state index contributed by atoms with van der Waals surface area (Å²) in [5.41, 5.74) is 7.93. The second-order valence-corrected chi connectivity index (χ2v) is 6.67. The summed E-state index contributed by atoms with van der Waals surface area (Å²) in [7, 11) is 0. The summed E-state index contributed by atoms with van der Waals surface area (Å²) in [6.07, 6.45) is -0.342. The van der Waals surface area contributed by atoms with Gasteiger partial charge in [0.1, 0.15) is 17.7 Å². The molecule has 3 N–H and O–H groups in total. The van der Waals surface area contributed by atoms with Gasteiger partial charge in [0.2, 0.25) is 11.8 Å². The molecule has 4 nitrogen and oxygen atoms in total. The Labute approximate surface area is 167 Å². The summed E-state index contributed by atoms with van der Waals surface area (Å²) in [5.74, 6) is -3.03. The molecule has 0 radical (unpaired) electrons. The first-order valence-corrected chi connectivity index (χ1v) is 9.10. The van der Waals surface area contributed by atoms with Crippen molar-refractivity contribution >= 4 is 11.8 Å². The maximum Gasteiger partial charge on any atom is 0.240 e. The van der Waals surface area contributed by atoms with Crippen molar-refractivity contribution in [2.24, 2.45) is 5.73 Å². The van der Waals surface area contributed by atoms with Crippen molar-refractivity contribution in [2.75, 3.05) is 0 Å². The number of amides is 2. The van der Waals surface area contributed by atoms with Gasteiger partial charge in [0, 0.05) is 12.0 Å². The summed E-state index contributed by atoms with van der Waals surface area (Å²) in [4.78, 5) is 24.0. The monoisotopic (exact) mass is 394 g/mol. The van der Waals surface area contributed by atoms with Crippen LogP contribution >= 0.6 is 0 Å². The summed E-state index contributed by atoms with van der Waals surface area (Å²) < 4.78 is 27.4. The van der Waals surface area contributed by atoms with E-state index in [2.05, 4.69) is 5.32 Å². The third kappa shape index (κ3) is 5.25. The van der Waals surface area contributed by atoms with Crippen LogP contribution in [0, 0.1) is 11.6 Å². The Kier molecular flexibility index (Phi) is 6.34. The van der Waals surface area contributed by atoms with Crippen molar-refractivity contribution < 1.29 is 18.4 Å². The van der Waals surface area contributed by atoms with E-state index in [1.165, 1.54) is 6.07 Å². The van der Waals surface area contributed by atoms with E-state index in [9.17, 15) is 18.4 Å². The number of rotatable bonds is 7. The van der Waals surface area contributed by atoms with Gasteiger partial charge in [-0.1, -0.05) is 60.7 Å². The molecular formula is C23H20F2N2O2. The fraction of sp³-hybridized carbons (Fsp3) is 0.130. The highest BCUT2D eigenvalue weighted by Crippen LogP contribution is 2.20. The quantitative estimate of drug-likeness (QED) is 0.645. The lowest BCUT2D eigenvalue weighted by molar-refractivity contribution is -0.127. The Morgan fingerprint density at radius 2 is 1.41 bits per heavy atom. The van der Waals surface area contributed by atoms with Crippen LogP contribution in [0.25, 0.3) is 11.1 Å². The van der Waals surface area contributed by atoms with Crippen molar-refractivity contribution in [3.05, 3.63) is 95.6 Å². The van der Waals surface area contributed by atoms with E-state index in [-0.39, 0.29) is 12.0 Å². The van der Waals surface area contributed by atoms with Crippen molar-refractivity contribution in [3.8, 4) is 11.1 Å². The van der Waals surface area contributed by atoms with Crippen molar-refractivity contribution in [1.29, 1.82) is 0 Å². The van der Waals surface area contributed by atoms with Gasteiger partial charge in [0.25, 0.3) is 0 Å². The van der Waals surface area contributed by atoms with Crippen LogP contribution in [0.15, 0.2) is 72.8 Å². The molecule has 0 unspecified atom stereocenters. The molecule has 0 aromatic heterocycles. The highest BCUT2D eigenvalue weighted by molar-refractivity contribution is 5.87. The van der Waals surface area contributed by atoms with E-state index in [0.29, 0.717) is 0 Å². The van der Waals surface area contributed by atoms with Gasteiger partial charge in [0.15, 0.2) is 0 Å². The Morgan fingerprint density at radius 1 is 0.828 bits per heavy atom. The van der Waals surface area contributed by atoms with E-state index in [0.717, 1.165) is 28.8 Å². The van der Waals surface area contributed by atoms with Crippen LogP contribution in [0.5, 0.6) is 0 Å². The largest absolute Gasteiger partial charge is 0.368 e. The number of halogens is 2. The van der Waals surface area contributed by atoms with Gasteiger partial charge < -0.3 is 11.1 Å². The summed E-state index contributed by atoms with van der Waals surface area (Å²) in [6.45, 7) is 0.